The zero-order valence-corrected chi connectivity index (χ0v) is 8.47. The van der Waals surface area contributed by atoms with Crippen molar-refractivity contribution in [2.24, 2.45) is 5.92 Å². The molecule has 0 aromatic carbocycles. The van der Waals surface area contributed by atoms with Crippen molar-refractivity contribution in [1.82, 2.24) is 5.32 Å². The lowest BCUT2D eigenvalue weighted by Crippen LogP contribution is -2.48. The molecule has 0 bridgehead atoms. The molecule has 0 aromatic rings. The second-order valence-electron chi connectivity index (χ2n) is 4.07. The molecular weight excluding hydrogens is 166 g/mol. The van der Waals surface area contributed by atoms with Gasteiger partial charge in [-0.15, -0.1) is 0 Å². The van der Waals surface area contributed by atoms with Crippen molar-refractivity contribution >= 4 is 5.91 Å². The van der Waals surface area contributed by atoms with E-state index >= 15 is 0 Å². The van der Waals surface area contributed by atoms with Crippen LogP contribution in [0.4, 0.5) is 0 Å². The molecule has 13 heavy (non-hydrogen) atoms. The van der Waals surface area contributed by atoms with E-state index in [9.17, 15) is 9.90 Å². The molecule has 0 saturated heterocycles. The van der Waals surface area contributed by atoms with E-state index in [1.54, 1.807) is 0 Å². The van der Waals surface area contributed by atoms with Crippen LogP contribution in [0.25, 0.3) is 0 Å². The van der Waals surface area contributed by atoms with E-state index in [-0.39, 0.29) is 5.91 Å². The van der Waals surface area contributed by atoms with E-state index in [2.05, 4.69) is 12.2 Å². The molecule has 0 radical (unpaired) electrons. The highest BCUT2D eigenvalue weighted by Crippen LogP contribution is 2.31. The molecule has 0 heterocycles. The van der Waals surface area contributed by atoms with Crippen LogP contribution in [0.3, 0.4) is 0 Å². The number of carbonyl (C=O) groups excluding carboxylic acids is 1. The molecule has 1 aliphatic carbocycles. The molecule has 0 unspecified atom stereocenters. The smallest absolute Gasteiger partial charge is 0.251 e. The summed E-state index contributed by atoms with van der Waals surface area (Å²) in [5.74, 6) is 0.455. The third-order valence-electron chi connectivity index (χ3n) is 2.86. The monoisotopic (exact) mass is 185 g/mol. The maximum Gasteiger partial charge on any atom is 0.251 e. The van der Waals surface area contributed by atoms with Gasteiger partial charge in [-0.3, -0.25) is 4.79 Å². The van der Waals surface area contributed by atoms with Gasteiger partial charge in [0.25, 0.3) is 5.91 Å². The molecule has 76 valence electrons. The summed E-state index contributed by atoms with van der Waals surface area (Å²) in [6.45, 7) is 4.63. The Labute approximate surface area is 79.5 Å². The van der Waals surface area contributed by atoms with E-state index in [4.69, 9.17) is 0 Å². The van der Waals surface area contributed by atoms with Crippen LogP contribution < -0.4 is 5.32 Å². The molecule has 0 aromatic heterocycles. The van der Waals surface area contributed by atoms with Gasteiger partial charge in [0.05, 0.1) is 0 Å². The zero-order valence-electron chi connectivity index (χ0n) is 8.47. The Morgan fingerprint density at radius 3 is 2.54 bits per heavy atom. The summed E-state index contributed by atoms with van der Waals surface area (Å²) in [7, 11) is 0. The SMILES string of the molecule is CCNC(=O)[C@]1(O)CC[C@@H](C)CC1. The van der Waals surface area contributed by atoms with Gasteiger partial charge in [0, 0.05) is 6.54 Å². The van der Waals surface area contributed by atoms with Crippen molar-refractivity contribution in [2.75, 3.05) is 6.54 Å². The van der Waals surface area contributed by atoms with Crippen molar-refractivity contribution in [3.8, 4) is 0 Å². The summed E-state index contributed by atoms with van der Waals surface area (Å²) in [5.41, 5.74) is -1.08. The molecule has 0 aliphatic heterocycles. The van der Waals surface area contributed by atoms with Crippen molar-refractivity contribution < 1.29 is 9.90 Å². The van der Waals surface area contributed by atoms with Crippen molar-refractivity contribution in [2.45, 2.75) is 45.1 Å². The molecule has 1 aliphatic rings. The lowest BCUT2D eigenvalue weighted by Gasteiger charge is -2.33. The minimum Gasteiger partial charge on any atom is -0.380 e. The topological polar surface area (TPSA) is 49.3 Å². The molecule has 1 rings (SSSR count). The summed E-state index contributed by atoms with van der Waals surface area (Å²) < 4.78 is 0. The minimum atomic E-state index is -1.08. The van der Waals surface area contributed by atoms with Gasteiger partial charge in [-0.2, -0.15) is 0 Å². The molecule has 3 heteroatoms. The average molecular weight is 185 g/mol. The fourth-order valence-electron chi connectivity index (χ4n) is 1.79. The van der Waals surface area contributed by atoms with Crippen molar-refractivity contribution in [1.29, 1.82) is 0 Å². The van der Waals surface area contributed by atoms with Gasteiger partial charge in [0.15, 0.2) is 0 Å². The van der Waals surface area contributed by atoms with E-state index < -0.39 is 5.60 Å². The largest absolute Gasteiger partial charge is 0.380 e. The molecule has 2 N–H and O–H groups in total. The molecule has 1 amide bonds. The average Bonchev–Trinajstić information content (AvgIpc) is 2.11. The maximum absolute atomic E-state index is 11.5. The molecule has 1 saturated carbocycles. The Bertz CT molecular complexity index is 183. The van der Waals surface area contributed by atoms with Gasteiger partial charge in [-0.1, -0.05) is 6.92 Å². The second kappa shape index (κ2) is 4.09. The van der Waals surface area contributed by atoms with Crippen LogP contribution in [0.5, 0.6) is 0 Å². The van der Waals surface area contributed by atoms with Crippen molar-refractivity contribution in [3.05, 3.63) is 0 Å². The van der Waals surface area contributed by atoms with Gasteiger partial charge in [-0.25, -0.2) is 0 Å². The van der Waals surface area contributed by atoms with Crippen LogP contribution in [0.1, 0.15) is 39.5 Å². The third kappa shape index (κ3) is 2.44. The number of aliphatic hydroxyl groups is 1. The van der Waals surface area contributed by atoms with E-state index in [1.165, 1.54) is 0 Å². The Morgan fingerprint density at radius 1 is 1.54 bits per heavy atom. The quantitative estimate of drug-likeness (QED) is 0.676. The lowest BCUT2D eigenvalue weighted by molar-refractivity contribution is -0.143. The predicted molar refractivity (Wildman–Crippen MR) is 51.3 cm³/mol. The standard InChI is InChI=1S/C10H19NO2/c1-3-11-9(12)10(13)6-4-8(2)5-7-10/h8,13H,3-7H2,1-2H3,(H,11,12)/t8-,10+. The van der Waals surface area contributed by atoms with Crippen LogP contribution in [-0.2, 0) is 4.79 Å². The van der Waals surface area contributed by atoms with Crippen LogP contribution >= 0.6 is 0 Å². The van der Waals surface area contributed by atoms with E-state index in [0.29, 0.717) is 25.3 Å². The normalized spacial score (nSPS) is 34.2. The summed E-state index contributed by atoms with van der Waals surface area (Å²) >= 11 is 0. The first-order chi connectivity index (χ1) is 6.08. The van der Waals surface area contributed by atoms with E-state index in [0.717, 1.165) is 12.8 Å². The number of likely N-dealkylation sites (N-methyl/N-ethyl adjacent to an activating group) is 1. The number of hydrogen-bond acceptors (Lipinski definition) is 2. The second-order valence-corrected chi connectivity index (χ2v) is 4.07. The zero-order chi connectivity index (χ0) is 9.90. The van der Waals surface area contributed by atoms with Crippen LogP contribution in [0.15, 0.2) is 0 Å². The summed E-state index contributed by atoms with van der Waals surface area (Å²) in [6, 6.07) is 0. The van der Waals surface area contributed by atoms with Gasteiger partial charge < -0.3 is 10.4 Å². The Hall–Kier alpha value is -0.570. The number of rotatable bonds is 2. The van der Waals surface area contributed by atoms with Gasteiger partial charge in [0.1, 0.15) is 5.60 Å². The number of carbonyl (C=O) groups is 1. The highest BCUT2D eigenvalue weighted by molar-refractivity contribution is 5.84. The van der Waals surface area contributed by atoms with Gasteiger partial charge >= 0.3 is 0 Å². The van der Waals surface area contributed by atoms with Crippen LogP contribution in [0, 0.1) is 5.92 Å². The van der Waals surface area contributed by atoms with Crippen LogP contribution in [0.2, 0.25) is 0 Å². The first-order valence-corrected chi connectivity index (χ1v) is 5.09. The van der Waals surface area contributed by atoms with Crippen molar-refractivity contribution in [3.63, 3.8) is 0 Å². The predicted octanol–water partition coefficient (Wildman–Crippen LogP) is 1.06. The number of amides is 1. The Morgan fingerprint density at radius 2 is 2.08 bits per heavy atom. The fourth-order valence-corrected chi connectivity index (χ4v) is 1.79. The number of nitrogens with one attached hydrogen (secondary N) is 1. The number of hydrogen-bond donors (Lipinski definition) is 2. The molecule has 1 fully saturated rings. The highest BCUT2D eigenvalue weighted by Gasteiger charge is 2.38. The van der Waals surface area contributed by atoms with E-state index in [1.807, 2.05) is 6.92 Å². The summed E-state index contributed by atoms with van der Waals surface area (Å²) in [6.07, 6.45) is 3.13. The maximum atomic E-state index is 11.5. The lowest BCUT2D eigenvalue weighted by atomic mass is 9.79. The fraction of sp³-hybridized carbons (Fsp3) is 0.900. The third-order valence-corrected chi connectivity index (χ3v) is 2.86. The first kappa shape index (κ1) is 10.5. The minimum absolute atomic E-state index is 0.193. The Balaban J connectivity index is 2.51. The van der Waals surface area contributed by atoms with Gasteiger partial charge in [-0.05, 0) is 38.5 Å². The molecule has 0 atom stereocenters. The first-order valence-electron chi connectivity index (χ1n) is 5.09. The summed E-state index contributed by atoms with van der Waals surface area (Å²) in [4.78, 5) is 11.5. The van der Waals surface area contributed by atoms with Gasteiger partial charge in [0.2, 0.25) is 0 Å². The Kier molecular flexibility index (Phi) is 3.31. The highest BCUT2D eigenvalue weighted by atomic mass is 16.3. The molecule has 3 nitrogen and oxygen atoms in total. The molecular formula is C10H19NO2. The van der Waals surface area contributed by atoms with Crippen LogP contribution in [-0.4, -0.2) is 23.2 Å². The molecule has 0 spiro atoms. The summed E-state index contributed by atoms with van der Waals surface area (Å²) in [5, 5.41) is 12.7.